The first-order valence-electron chi connectivity index (χ1n) is 8.67. The van der Waals surface area contributed by atoms with Gasteiger partial charge in [-0.2, -0.15) is 10.1 Å². The van der Waals surface area contributed by atoms with E-state index in [9.17, 15) is 9.59 Å². The molecule has 0 radical (unpaired) electrons. The second-order valence-electron chi connectivity index (χ2n) is 6.59. The van der Waals surface area contributed by atoms with Crippen LogP contribution in [0.3, 0.4) is 0 Å². The number of nitrogens with zero attached hydrogens (tertiary/aromatic N) is 4. The number of likely N-dealkylation sites (tertiary alicyclic amines) is 1. The first-order valence-corrected chi connectivity index (χ1v) is 8.67. The maximum Gasteiger partial charge on any atom is 0.272 e. The molecule has 0 saturated carbocycles. The second-order valence-corrected chi connectivity index (χ2v) is 6.59. The van der Waals surface area contributed by atoms with Crippen LogP contribution in [-0.2, 0) is 4.79 Å². The minimum Gasteiger partial charge on any atom is -0.343 e. The van der Waals surface area contributed by atoms with E-state index in [0.29, 0.717) is 30.0 Å². The van der Waals surface area contributed by atoms with E-state index in [0.717, 1.165) is 18.2 Å². The van der Waals surface area contributed by atoms with E-state index in [1.807, 2.05) is 24.0 Å². The van der Waals surface area contributed by atoms with Crippen LogP contribution in [0.5, 0.6) is 0 Å². The number of piperidine rings is 1. The molecule has 0 unspecified atom stereocenters. The van der Waals surface area contributed by atoms with E-state index in [4.69, 9.17) is 4.52 Å². The summed E-state index contributed by atoms with van der Waals surface area (Å²) in [5, 5.41) is 11.8. The van der Waals surface area contributed by atoms with Crippen LogP contribution >= 0.6 is 0 Å². The second kappa shape index (κ2) is 6.70. The number of fused-ring (bicyclic) bond motifs is 1. The molecule has 0 bridgehead atoms. The zero-order valence-corrected chi connectivity index (χ0v) is 14.4. The Balaban J connectivity index is 1.52. The first-order chi connectivity index (χ1) is 12.6. The molecule has 1 saturated heterocycles. The normalized spacial score (nSPS) is 16.7. The van der Waals surface area contributed by atoms with Crippen molar-refractivity contribution in [3.8, 4) is 0 Å². The fourth-order valence-corrected chi connectivity index (χ4v) is 3.57. The molecule has 1 aliphatic rings. The van der Waals surface area contributed by atoms with Gasteiger partial charge in [-0.15, -0.1) is 0 Å². The largest absolute Gasteiger partial charge is 0.343 e. The Morgan fingerprint density at radius 1 is 1.27 bits per heavy atom. The highest BCUT2D eigenvalue weighted by Crippen LogP contribution is 2.28. The summed E-state index contributed by atoms with van der Waals surface area (Å²) in [7, 11) is 0. The lowest BCUT2D eigenvalue weighted by Gasteiger charge is -2.32. The third-order valence-corrected chi connectivity index (χ3v) is 5.06. The number of aromatic amines is 1. The standard InChI is InChI=1S/C18H19N5O3/c1-11(15-13-4-2-3-5-14(13)17(24)21-20-15)18(25)23-8-6-12(7-9-23)16-19-10-26-22-16/h2-5,10-12H,6-9H2,1H3,(H,21,24)/t11-/m0/s1. The third-order valence-electron chi connectivity index (χ3n) is 5.06. The summed E-state index contributed by atoms with van der Waals surface area (Å²) in [5.74, 6) is 0.512. The van der Waals surface area contributed by atoms with Crippen molar-refractivity contribution in [3.63, 3.8) is 0 Å². The van der Waals surface area contributed by atoms with Gasteiger partial charge in [-0.25, -0.2) is 5.10 Å². The predicted octanol–water partition coefficient (Wildman–Crippen LogP) is 1.82. The molecule has 3 heterocycles. The molecule has 1 fully saturated rings. The minimum absolute atomic E-state index is 0.0151. The van der Waals surface area contributed by atoms with E-state index in [-0.39, 0.29) is 17.4 Å². The van der Waals surface area contributed by atoms with Crippen molar-refractivity contribution in [2.75, 3.05) is 13.1 Å². The van der Waals surface area contributed by atoms with Crippen LogP contribution in [0.25, 0.3) is 10.8 Å². The zero-order valence-electron chi connectivity index (χ0n) is 14.4. The van der Waals surface area contributed by atoms with Crippen LogP contribution < -0.4 is 5.56 Å². The van der Waals surface area contributed by atoms with Crippen molar-refractivity contribution in [1.29, 1.82) is 0 Å². The molecule has 134 valence electrons. The van der Waals surface area contributed by atoms with Crippen molar-refractivity contribution in [1.82, 2.24) is 25.2 Å². The number of benzene rings is 1. The number of aromatic nitrogens is 4. The molecule has 1 amide bonds. The summed E-state index contributed by atoms with van der Waals surface area (Å²) in [4.78, 5) is 30.9. The Morgan fingerprint density at radius 2 is 2.00 bits per heavy atom. The summed E-state index contributed by atoms with van der Waals surface area (Å²) in [6.07, 6.45) is 2.94. The van der Waals surface area contributed by atoms with Crippen LogP contribution in [-0.4, -0.2) is 44.2 Å². The van der Waals surface area contributed by atoms with Gasteiger partial charge in [0.2, 0.25) is 12.3 Å². The molecular weight excluding hydrogens is 334 g/mol. The molecule has 26 heavy (non-hydrogen) atoms. The number of carbonyl (C=O) groups is 1. The first kappa shape index (κ1) is 16.4. The van der Waals surface area contributed by atoms with Gasteiger partial charge in [-0.1, -0.05) is 23.4 Å². The van der Waals surface area contributed by atoms with Gasteiger partial charge >= 0.3 is 0 Å². The molecule has 8 nitrogen and oxygen atoms in total. The Morgan fingerprint density at radius 3 is 2.69 bits per heavy atom. The highest BCUT2D eigenvalue weighted by molar-refractivity contribution is 5.91. The predicted molar refractivity (Wildman–Crippen MR) is 93.6 cm³/mol. The van der Waals surface area contributed by atoms with Crippen LogP contribution in [0.15, 0.2) is 40.0 Å². The average molecular weight is 353 g/mol. The Bertz CT molecular complexity index is 974. The van der Waals surface area contributed by atoms with Gasteiger partial charge in [0.1, 0.15) is 0 Å². The Hall–Kier alpha value is -3.03. The quantitative estimate of drug-likeness (QED) is 0.770. The number of hydrogen-bond donors (Lipinski definition) is 1. The highest BCUT2D eigenvalue weighted by Gasteiger charge is 2.30. The van der Waals surface area contributed by atoms with E-state index in [1.54, 1.807) is 12.1 Å². The van der Waals surface area contributed by atoms with Gasteiger partial charge in [0.05, 0.1) is 17.0 Å². The van der Waals surface area contributed by atoms with E-state index in [2.05, 4.69) is 20.3 Å². The number of rotatable bonds is 3. The molecular formula is C18H19N5O3. The van der Waals surface area contributed by atoms with Gasteiger partial charge in [0.15, 0.2) is 5.82 Å². The fraction of sp³-hybridized carbons (Fsp3) is 0.389. The summed E-state index contributed by atoms with van der Waals surface area (Å²) in [6, 6.07) is 7.23. The SMILES string of the molecule is C[C@H](C(=O)N1CCC(c2ncon2)CC1)c1n[nH]c(=O)c2ccccc12. The van der Waals surface area contributed by atoms with Gasteiger partial charge in [0.25, 0.3) is 5.56 Å². The highest BCUT2D eigenvalue weighted by atomic mass is 16.5. The van der Waals surface area contributed by atoms with E-state index in [1.165, 1.54) is 6.39 Å². The molecule has 0 spiro atoms. The van der Waals surface area contributed by atoms with Gasteiger partial charge in [-0.3, -0.25) is 9.59 Å². The zero-order chi connectivity index (χ0) is 18.1. The lowest BCUT2D eigenvalue weighted by atomic mass is 9.94. The monoisotopic (exact) mass is 353 g/mol. The maximum absolute atomic E-state index is 13.0. The molecule has 1 aliphatic heterocycles. The third kappa shape index (κ3) is 2.87. The maximum atomic E-state index is 13.0. The summed E-state index contributed by atoms with van der Waals surface area (Å²) in [6.45, 7) is 3.12. The number of amides is 1. The number of H-pyrrole nitrogens is 1. The van der Waals surface area contributed by atoms with Gasteiger partial charge in [0, 0.05) is 24.4 Å². The van der Waals surface area contributed by atoms with Crippen molar-refractivity contribution in [2.45, 2.75) is 31.6 Å². The molecule has 0 aliphatic carbocycles. The summed E-state index contributed by atoms with van der Waals surface area (Å²) >= 11 is 0. The number of nitrogens with one attached hydrogen (secondary N) is 1. The Labute approximate surface area is 149 Å². The minimum atomic E-state index is -0.432. The number of carbonyl (C=O) groups excluding carboxylic acids is 1. The van der Waals surface area contributed by atoms with E-state index >= 15 is 0 Å². The van der Waals surface area contributed by atoms with Crippen molar-refractivity contribution in [2.24, 2.45) is 0 Å². The smallest absolute Gasteiger partial charge is 0.272 e. The topological polar surface area (TPSA) is 105 Å². The van der Waals surface area contributed by atoms with Gasteiger partial charge in [-0.05, 0) is 25.8 Å². The summed E-state index contributed by atoms with van der Waals surface area (Å²) < 4.78 is 4.81. The van der Waals surface area contributed by atoms with Crippen LogP contribution in [0.1, 0.15) is 43.1 Å². The Kier molecular flexibility index (Phi) is 4.24. The van der Waals surface area contributed by atoms with Crippen molar-refractivity contribution >= 4 is 16.7 Å². The lowest BCUT2D eigenvalue weighted by molar-refractivity contribution is -0.133. The van der Waals surface area contributed by atoms with Gasteiger partial charge < -0.3 is 9.42 Å². The van der Waals surface area contributed by atoms with Crippen molar-refractivity contribution in [3.05, 3.63) is 52.5 Å². The molecule has 2 aromatic heterocycles. The molecule has 1 N–H and O–H groups in total. The van der Waals surface area contributed by atoms with E-state index < -0.39 is 5.92 Å². The lowest BCUT2D eigenvalue weighted by Crippen LogP contribution is -2.40. The average Bonchev–Trinajstić information content (AvgIpc) is 3.22. The molecule has 1 aromatic carbocycles. The molecule has 1 atom stereocenters. The van der Waals surface area contributed by atoms with Crippen LogP contribution in [0.4, 0.5) is 0 Å². The molecule has 4 rings (SSSR count). The van der Waals surface area contributed by atoms with Crippen LogP contribution in [0, 0.1) is 0 Å². The number of hydrogen-bond acceptors (Lipinski definition) is 6. The molecule has 8 heteroatoms. The fourth-order valence-electron chi connectivity index (χ4n) is 3.57. The molecule has 3 aromatic rings. The van der Waals surface area contributed by atoms with Crippen LogP contribution in [0.2, 0.25) is 0 Å². The van der Waals surface area contributed by atoms with Crippen molar-refractivity contribution < 1.29 is 9.32 Å². The summed E-state index contributed by atoms with van der Waals surface area (Å²) in [5.41, 5.74) is 0.357.